The number of anilines is 1. The largest absolute Gasteiger partial charge is 0.462 e. The summed E-state index contributed by atoms with van der Waals surface area (Å²) in [5, 5.41) is 0. The molecule has 0 amide bonds. The normalized spacial score (nSPS) is 10.0. The van der Waals surface area contributed by atoms with Crippen molar-refractivity contribution in [1.29, 1.82) is 0 Å². The lowest BCUT2D eigenvalue weighted by Crippen LogP contribution is -2.10. The monoisotopic (exact) mass is 207 g/mol. The molecule has 0 aliphatic rings. The van der Waals surface area contributed by atoms with Crippen molar-refractivity contribution in [3.8, 4) is 0 Å². The summed E-state index contributed by atoms with van der Waals surface area (Å²) in [7, 11) is 0. The van der Waals surface area contributed by atoms with Crippen LogP contribution >= 0.6 is 0 Å². The second kappa shape index (κ2) is 5.39. The Morgan fingerprint density at radius 3 is 2.73 bits per heavy atom. The Bertz CT molecular complexity index is 347. The first kappa shape index (κ1) is 11.6. The lowest BCUT2D eigenvalue weighted by molar-refractivity contribution is 0.0506. The van der Waals surface area contributed by atoms with Crippen molar-refractivity contribution in [3.05, 3.63) is 29.3 Å². The summed E-state index contributed by atoms with van der Waals surface area (Å²) in [6.45, 7) is 4.40. The van der Waals surface area contributed by atoms with Crippen LogP contribution in [-0.4, -0.2) is 12.6 Å². The van der Waals surface area contributed by atoms with E-state index in [0.29, 0.717) is 17.9 Å². The highest BCUT2D eigenvalue weighted by Crippen LogP contribution is 2.18. The molecule has 0 saturated carbocycles. The van der Waals surface area contributed by atoms with Crippen molar-refractivity contribution in [2.24, 2.45) is 0 Å². The highest BCUT2D eigenvalue weighted by atomic mass is 16.5. The van der Waals surface area contributed by atoms with Crippen molar-refractivity contribution < 1.29 is 9.53 Å². The van der Waals surface area contributed by atoms with Crippen LogP contribution in [0, 0.1) is 0 Å². The molecule has 1 aromatic rings. The van der Waals surface area contributed by atoms with Crippen LogP contribution in [0.15, 0.2) is 18.2 Å². The Kier molecular flexibility index (Phi) is 4.16. The molecular weight excluding hydrogens is 190 g/mol. The first-order valence-electron chi connectivity index (χ1n) is 5.25. The minimum absolute atomic E-state index is 0.329. The zero-order chi connectivity index (χ0) is 11.3. The molecule has 0 fully saturated rings. The topological polar surface area (TPSA) is 52.3 Å². The van der Waals surface area contributed by atoms with Crippen LogP contribution in [0.1, 0.15) is 36.2 Å². The SMILES string of the molecule is CCCOC(=O)c1cccc(CC)c1N. The van der Waals surface area contributed by atoms with Gasteiger partial charge in [-0.1, -0.05) is 26.0 Å². The van der Waals surface area contributed by atoms with E-state index in [9.17, 15) is 4.79 Å². The van der Waals surface area contributed by atoms with Gasteiger partial charge in [-0.05, 0) is 24.5 Å². The standard InChI is InChI=1S/C12H17NO2/c1-3-8-15-12(14)10-7-5-6-9(4-2)11(10)13/h5-7H,3-4,8,13H2,1-2H3. The van der Waals surface area contributed by atoms with E-state index in [-0.39, 0.29) is 5.97 Å². The summed E-state index contributed by atoms with van der Waals surface area (Å²) < 4.78 is 5.04. The molecule has 1 rings (SSSR count). The van der Waals surface area contributed by atoms with Gasteiger partial charge in [0.2, 0.25) is 0 Å². The third-order valence-electron chi connectivity index (χ3n) is 2.23. The van der Waals surface area contributed by atoms with Crippen LogP contribution in [0.4, 0.5) is 5.69 Å². The molecule has 82 valence electrons. The van der Waals surface area contributed by atoms with E-state index in [4.69, 9.17) is 10.5 Å². The molecule has 0 heterocycles. The molecule has 0 bridgehead atoms. The summed E-state index contributed by atoms with van der Waals surface area (Å²) in [6, 6.07) is 5.45. The van der Waals surface area contributed by atoms with Gasteiger partial charge in [0.1, 0.15) is 0 Å². The highest BCUT2D eigenvalue weighted by Gasteiger charge is 2.12. The molecule has 0 aliphatic heterocycles. The predicted octanol–water partition coefficient (Wildman–Crippen LogP) is 2.40. The van der Waals surface area contributed by atoms with Crippen molar-refractivity contribution in [3.63, 3.8) is 0 Å². The predicted molar refractivity (Wildman–Crippen MR) is 60.8 cm³/mol. The lowest BCUT2D eigenvalue weighted by Gasteiger charge is -2.08. The lowest BCUT2D eigenvalue weighted by atomic mass is 10.1. The molecule has 1 aromatic carbocycles. The van der Waals surface area contributed by atoms with E-state index in [2.05, 4.69) is 0 Å². The fourth-order valence-electron chi connectivity index (χ4n) is 1.37. The molecule has 0 saturated heterocycles. The number of carbonyl (C=O) groups is 1. The molecule has 0 unspecified atom stereocenters. The second-order valence-electron chi connectivity index (χ2n) is 3.37. The molecule has 0 aliphatic carbocycles. The molecule has 2 N–H and O–H groups in total. The number of hydrogen-bond acceptors (Lipinski definition) is 3. The number of nitrogen functional groups attached to an aromatic ring is 1. The van der Waals surface area contributed by atoms with E-state index in [1.807, 2.05) is 26.0 Å². The average molecular weight is 207 g/mol. The van der Waals surface area contributed by atoms with Crippen LogP contribution < -0.4 is 5.73 Å². The van der Waals surface area contributed by atoms with Crippen molar-refractivity contribution in [1.82, 2.24) is 0 Å². The summed E-state index contributed by atoms with van der Waals surface area (Å²) in [5.74, 6) is -0.329. The van der Waals surface area contributed by atoms with Crippen LogP contribution in [0.2, 0.25) is 0 Å². The summed E-state index contributed by atoms with van der Waals surface area (Å²) in [5.41, 5.74) is 7.87. The number of para-hydroxylation sites is 1. The van der Waals surface area contributed by atoms with Crippen molar-refractivity contribution in [2.45, 2.75) is 26.7 Å². The minimum atomic E-state index is -0.329. The number of benzene rings is 1. The second-order valence-corrected chi connectivity index (χ2v) is 3.37. The Labute approximate surface area is 90.2 Å². The quantitative estimate of drug-likeness (QED) is 0.609. The fourth-order valence-corrected chi connectivity index (χ4v) is 1.37. The van der Waals surface area contributed by atoms with Gasteiger partial charge in [0.15, 0.2) is 0 Å². The number of ether oxygens (including phenoxy) is 1. The number of aryl methyl sites for hydroxylation is 1. The van der Waals surface area contributed by atoms with Crippen molar-refractivity contribution in [2.75, 3.05) is 12.3 Å². The maximum absolute atomic E-state index is 11.6. The smallest absolute Gasteiger partial charge is 0.340 e. The van der Waals surface area contributed by atoms with Gasteiger partial charge in [-0.15, -0.1) is 0 Å². The summed E-state index contributed by atoms with van der Waals surface area (Å²) in [6.07, 6.45) is 1.64. The van der Waals surface area contributed by atoms with Gasteiger partial charge in [0, 0.05) is 5.69 Å². The maximum Gasteiger partial charge on any atom is 0.340 e. The van der Waals surface area contributed by atoms with Crippen molar-refractivity contribution >= 4 is 11.7 Å². The average Bonchev–Trinajstić information content (AvgIpc) is 2.26. The third-order valence-corrected chi connectivity index (χ3v) is 2.23. The number of esters is 1. The van der Waals surface area contributed by atoms with E-state index >= 15 is 0 Å². The molecule has 3 nitrogen and oxygen atoms in total. The van der Waals surface area contributed by atoms with E-state index < -0.39 is 0 Å². The van der Waals surface area contributed by atoms with Gasteiger partial charge in [-0.2, -0.15) is 0 Å². The number of carbonyl (C=O) groups excluding carboxylic acids is 1. The fraction of sp³-hybridized carbons (Fsp3) is 0.417. The van der Waals surface area contributed by atoms with Crippen LogP contribution in [0.5, 0.6) is 0 Å². The van der Waals surface area contributed by atoms with E-state index in [1.54, 1.807) is 6.07 Å². The van der Waals surface area contributed by atoms with Gasteiger partial charge in [0.05, 0.1) is 12.2 Å². The molecule has 0 aromatic heterocycles. The van der Waals surface area contributed by atoms with E-state index in [0.717, 1.165) is 18.4 Å². The van der Waals surface area contributed by atoms with Crippen LogP contribution in [-0.2, 0) is 11.2 Å². The first-order valence-corrected chi connectivity index (χ1v) is 5.25. The van der Waals surface area contributed by atoms with Crippen LogP contribution in [0.25, 0.3) is 0 Å². The first-order chi connectivity index (χ1) is 7.20. The van der Waals surface area contributed by atoms with Gasteiger partial charge in [0.25, 0.3) is 0 Å². The Morgan fingerprint density at radius 1 is 1.40 bits per heavy atom. The van der Waals surface area contributed by atoms with Gasteiger partial charge in [-0.25, -0.2) is 4.79 Å². The zero-order valence-electron chi connectivity index (χ0n) is 9.25. The number of nitrogens with two attached hydrogens (primary N) is 1. The Hall–Kier alpha value is -1.51. The molecular formula is C12H17NO2. The zero-order valence-corrected chi connectivity index (χ0v) is 9.25. The minimum Gasteiger partial charge on any atom is -0.462 e. The number of hydrogen-bond donors (Lipinski definition) is 1. The van der Waals surface area contributed by atoms with Gasteiger partial charge >= 0.3 is 5.97 Å². The summed E-state index contributed by atoms with van der Waals surface area (Å²) >= 11 is 0. The molecule has 3 heteroatoms. The molecule has 0 radical (unpaired) electrons. The highest BCUT2D eigenvalue weighted by molar-refractivity contribution is 5.95. The maximum atomic E-state index is 11.6. The van der Waals surface area contributed by atoms with Gasteiger partial charge in [-0.3, -0.25) is 0 Å². The molecule has 0 atom stereocenters. The molecule has 15 heavy (non-hydrogen) atoms. The Balaban J connectivity index is 2.89. The summed E-state index contributed by atoms with van der Waals surface area (Å²) in [4.78, 5) is 11.6. The van der Waals surface area contributed by atoms with Crippen LogP contribution in [0.3, 0.4) is 0 Å². The number of rotatable bonds is 4. The Morgan fingerprint density at radius 2 is 2.13 bits per heavy atom. The third kappa shape index (κ3) is 2.72. The van der Waals surface area contributed by atoms with E-state index in [1.165, 1.54) is 0 Å². The molecule has 0 spiro atoms. The van der Waals surface area contributed by atoms with Gasteiger partial charge < -0.3 is 10.5 Å².